The van der Waals surface area contributed by atoms with Crippen LogP contribution in [0.25, 0.3) is 27.6 Å². The van der Waals surface area contributed by atoms with Crippen molar-refractivity contribution in [2.75, 3.05) is 31.6 Å². The van der Waals surface area contributed by atoms with Crippen LogP contribution in [0, 0.1) is 0 Å². The maximum atomic E-state index is 13.3. The number of fused-ring (bicyclic) bond motifs is 3. The number of carbonyl (C=O) groups is 1. The molecule has 1 amide bonds. The molecule has 1 saturated heterocycles. The van der Waals surface area contributed by atoms with Crippen LogP contribution in [0.1, 0.15) is 20.8 Å². The molecule has 0 bridgehead atoms. The van der Waals surface area contributed by atoms with Gasteiger partial charge in [-0.2, -0.15) is 10.1 Å². The summed E-state index contributed by atoms with van der Waals surface area (Å²) >= 11 is 0. The Morgan fingerprint density at radius 3 is 2.83 bits per heavy atom. The molecule has 0 aliphatic carbocycles. The van der Waals surface area contributed by atoms with Crippen molar-refractivity contribution >= 4 is 34.0 Å². The lowest BCUT2D eigenvalue weighted by Gasteiger charge is -2.34. The fourth-order valence-electron chi connectivity index (χ4n) is 4.03. The number of nitrogens with one attached hydrogen (secondary N) is 2. The van der Waals surface area contributed by atoms with E-state index in [2.05, 4.69) is 25.5 Å². The standard InChI is InChI=1S/C24H27N7O4/c1-24(2,3)35-23(33)30-9-10-34-16(14-30)11-25-22-26-12-17-19-18(13-27-29-19)21(32)31(20(17)28-22)15-7-5-4-6-8-15/h4-8,12-13,16H,9-11,14H2,1-3H3,(H,27,29)(H,25,26,28). The van der Waals surface area contributed by atoms with Gasteiger partial charge in [-0.05, 0) is 32.9 Å². The molecular weight excluding hydrogens is 450 g/mol. The number of amides is 1. The number of anilines is 1. The third kappa shape index (κ3) is 4.67. The summed E-state index contributed by atoms with van der Waals surface area (Å²) in [5.74, 6) is 0.342. The highest BCUT2D eigenvalue weighted by Crippen LogP contribution is 2.22. The van der Waals surface area contributed by atoms with Crippen molar-refractivity contribution in [2.45, 2.75) is 32.5 Å². The number of morpholine rings is 1. The molecule has 3 aromatic heterocycles. The van der Waals surface area contributed by atoms with Crippen molar-refractivity contribution < 1.29 is 14.3 Å². The summed E-state index contributed by atoms with van der Waals surface area (Å²) in [7, 11) is 0. The maximum Gasteiger partial charge on any atom is 0.410 e. The van der Waals surface area contributed by atoms with Crippen LogP contribution < -0.4 is 10.9 Å². The Bertz CT molecular complexity index is 1430. The van der Waals surface area contributed by atoms with Crippen LogP contribution in [0.3, 0.4) is 0 Å². The molecule has 0 saturated carbocycles. The summed E-state index contributed by atoms with van der Waals surface area (Å²) in [6, 6.07) is 9.32. The van der Waals surface area contributed by atoms with E-state index in [1.165, 1.54) is 0 Å². The molecular formula is C24H27N7O4. The van der Waals surface area contributed by atoms with E-state index in [0.29, 0.717) is 59.8 Å². The normalized spacial score (nSPS) is 16.5. The Hall–Kier alpha value is -3.99. The number of aromatic nitrogens is 5. The zero-order chi connectivity index (χ0) is 24.6. The fraction of sp³-hybridized carbons (Fsp3) is 0.375. The molecule has 0 spiro atoms. The smallest absolute Gasteiger partial charge is 0.410 e. The van der Waals surface area contributed by atoms with Crippen molar-refractivity contribution in [3.63, 3.8) is 0 Å². The van der Waals surface area contributed by atoms with Crippen molar-refractivity contribution in [3.05, 3.63) is 53.1 Å². The molecule has 182 valence electrons. The number of H-pyrrole nitrogens is 1. The first-order valence-corrected chi connectivity index (χ1v) is 11.4. The number of pyridine rings is 1. The summed E-state index contributed by atoms with van der Waals surface area (Å²) < 4.78 is 12.9. The molecule has 1 aromatic carbocycles. The van der Waals surface area contributed by atoms with Gasteiger partial charge in [-0.1, -0.05) is 18.2 Å². The molecule has 1 aliphatic rings. The predicted molar refractivity (Wildman–Crippen MR) is 131 cm³/mol. The Balaban J connectivity index is 1.41. The van der Waals surface area contributed by atoms with Crippen molar-refractivity contribution in [1.82, 2.24) is 29.6 Å². The van der Waals surface area contributed by atoms with Gasteiger partial charge in [-0.25, -0.2) is 9.78 Å². The van der Waals surface area contributed by atoms with Gasteiger partial charge < -0.3 is 19.7 Å². The van der Waals surface area contributed by atoms with Crippen LogP contribution in [0.5, 0.6) is 0 Å². The zero-order valence-electron chi connectivity index (χ0n) is 19.8. The van der Waals surface area contributed by atoms with Crippen LogP contribution in [0.4, 0.5) is 10.7 Å². The second-order valence-electron chi connectivity index (χ2n) is 9.35. The number of hydrogen-bond acceptors (Lipinski definition) is 8. The molecule has 1 aliphatic heterocycles. The van der Waals surface area contributed by atoms with E-state index < -0.39 is 5.60 Å². The number of benzene rings is 1. The average Bonchev–Trinajstić information content (AvgIpc) is 3.33. The topological polar surface area (TPSA) is 127 Å². The van der Waals surface area contributed by atoms with Gasteiger partial charge >= 0.3 is 6.09 Å². The van der Waals surface area contributed by atoms with Crippen LogP contribution in [0.2, 0.25) is 0 Å². The van der Waals surface area contributed by atoms with Crippen molar-refractivity contribution in [1.29, 1.82) is 0 Å². The van der Waals surface area contributed by atoms with Gasteiger partial charge in [-0.15, -0.1) is 0 Å². The first-order valence-electron chi connectivity index (χ1n) is 11.4. The molecule has 2 N–H and O–H groups in total. The summed E-state index contributed by atoms with van der Waals surface area (Å²) in [4.78, 5) is 36.4. The van der Waals surface area contributed by atoms with Crippen LogP contribution in [-0.4, -0.2) is 73.7 Å². The van der Waals surface area contributed by atoms with E-state index in [0.717, 1.165) is 0 Å². The lowest BCUT2D eigenvalue weighted by molar-refractivity contribution is -0.0371. The first-order chi connectivity index (χ1) is 16.8. The minimum atomic E-state index is -0.559. The van der Waals surface area contributed by atoms with Crippen LogP contribution in [0.15, 0.2) is 47.5 Å². The van der Waals surface area contributed by atoms with Gasteiger partial charge in [0.05, 0.1) is 35.7 Å². The van der Waals surface area contributed by atoms with Gasteiger partial charge in [-0.3, -0.25) is 14.5 Å². The SMILES string of the molecule is CC(C)(C)OC(=O)N1CCOC(CNc2ncc3c4n[nH]cc4c(=O)n(-c4ccccc4)c3n2)C1. The Morgan fingerprint density at radius 1 is 1.26 bits per heavy atom. The number of carbonyl (C=O) groups excluding carboxylic acids is 1. The summed E-state index contributed by atoms with van der Waals surface area (Å²) in [6.07, 6.45) is 2.62. The Kier molecular flexibility index (Phi) is 5.85. The highest BCUT2D eigenvalue weighted by atomic mass is 16.6. The van der Waals surface area contributed by atoms with E-state index in [1.54, 1.807) is 21.9 Å². The quantitative estimate of drug-likeness (QED) is 0.459. The summed E-state index contributed by atoms with van der Waals surface area (Å²) in [5, 5.41) is 11.3. The zero-order valence-corrected chi connectivity index (χ0v) is 19.8. The van der Waals surface area contributed by atoms with Crippen LogP contribution >= 0.6 is 0 Å². The minimum absolute atomic E-state index is 0.222. The second kappa shape index (κ2) is 8.99. The minimum Gasteiger partial charge on any atom is -0.444 e. The van der Waals surface area contributed by atoms with E-state index >= 15 is 0 Å². The third-order valence-corrected chi connectivity index (χ3v) is 5.60. The van der Waals surface area contributed by atoms with Crippen LogP contribution in [-0.2, 0) is 9.47 Å². The van der Waals surface area contributed by atoms with Crippen molar-refractivity contribution in [2.24, 2.45) is 0 Å². The molecule has 5 rings (SSSR count). The van der Waals surface area contributed by atoms with E-state index in [4.69, 9.17) is 9.47 Å². The second-order valence-corrected chi connectivity index (χ2v) is 9.35. The number of hydrogen-bond donors (Lipinski definition) is 2. The number of rotatable bonds is 4. The Labute approximate surface area is 201 Å². The highest BCUT2D eigenvalue weighted by Gasteiger charge is 2.28. The largest absolute Gasteiger partial charge is 0.444 e. The monoisotopic (exact) mass is 477 g/mol. The highest BCUT2D eigenvalue weighted by molar-refractivity contribution is 6.02. The molecule has 35 heavy (non-hydrogen) atoms. The first kappa shape index (κ1) is 22.8. The maximum absolute atomic E-state index is 13.3. The molecule has 1 unspecified atom stereocenters. The van der Waals surface area contributed by atoms with Crippen molar-refractivity contribution in [3.8, 4) is 5.69 Å². The van der Waals surface area contributed by atoms with Gasteiger partial charge in [0.2, 0.25) is 5.95 Å². The number of aromatic amines is 1. The van der Waals surface area contributed by atoms with E-state index in [9.17, 15) is 9.59 Å². The van der Waals surface area contributed by atoms with Gasteiger partial charge in [0, 0.05) is 25.5 Å². The predicted octanol–water partition coefficient (Wildman–Crippen LogP) is 2.70. The lowest BCUT2D eigenvalue weighted by atomic mass is 10.2. The summed E-state index contributed by atoms with van der Waals surface area (Å²) in [5.41, 5.74) is 0.876. The third-order valence-electron chi connectivity index (χ3n) is 5.60. The molecule has 1 atom stereocenters. The fourth-order valence-corrected chi connectivity index (χ4v) is 4.03. The average molecular weight is 478 g/mol. The molecule has 1 fully saturated rings. The molecule has 0 radical (unpaired) electrons. The van der Waals surface area contributed by atoms with E-state index in [1.807, 2.05) is 51.1 Å². The number of nitrogens with zero attached hydrogens (tertiary/aromatic N) is 5. The van der Waals surface area contributed by atoms with Gasteiger partial charge in [0.25, 0.3) is 5.56 Å². The van der Waals surface area contributed by atoms with Gasteiger partial charge in [0.15, 0.2) is 5.65 Å². The molecule has 11 nitrogen and oxygen atoms in total. The number of para-hydroxylation sites is 1. The number of ether oxygens (including phenoxy) is 2. The lowest BCUT2D eigenvalue weighted by Crippen LogP contribution is -2.49. The summed E-state index contributed by atoms with van der Waals surface area (Å²) in [6.45, 7) is 7.17. The molecule has 11 heteroatoms. The molecule has 4 heterocycles. The van der Waals surface area contributed by atoms with E-state index in [-0.39, 0.29) is 17.8 Å². The molecule has 4 aromatic rings. The van der Waals surface area contributed by atoms with Gasteiger partial charge in [0.1, 0.15) is 11.1 Å². The Morgan fingerprint density at radius 2 is 2.06 bits per heavy atom.